The van der Waals surface area contributed by atoms with Gasteiger partial charge in [0.05, 0.1) is 23.9 Å². The summed E-state index contributed by atoms with van der Waals surface area (Å²) in [6, 6.07) is 7.45. The van der Waals surface area contributed by atoms with Crippen LogP contribution in [0.3, 0.4) is 0 Å². The Hall–Kier alpha value is -2.08. The Morgan fingerprint density at radius 2 is 2.00 bits per heavy atom. The van der Waals surface area contributed by atoms with Gasteiger partial charge >= 0.3 is 5.97 Å². The number of amidine groups is 1. The van der Waals surface area contributed by atoms with E-state index in [0.29, 0.717) is 29.5 Å². The van der Waals surface area contributed by atoms with Crippen molar-refractivity contribution >= 4 is 28.8 Å². The topological polar surface area (TPSA) is 59.0 Å². The molecule has 0 aliphatic carbocycles. The number of allylic oxidation sites excluding steroid dienone is 1. The van der Waals surface area contributed by atoms with E-state index in [2.05, 4.69) is 4.99 Å². The fourth-order valence-electron chi connectivity index (χ4n) is 3.04. The van der Waals surface area contributed by atoms with Crippen molar-refractivity contribution in [3.05, 3.63) is 46.7 Å². The van der Waals surface area contributed by atoms with Gasteiger partial charge in [-0.2, -0.15) is 0 Å². The molecule has 0 bridgehead atoms. The maximum Gasteiger partial charge on any atom is 0.338 e. The highest BCUT2D eigenvalue weighted by Gasteiger charge is 2.41. The third-order valence-corrected chi connectivity index (χ3v) is 5.32. The SMILES string of the molecule is CC1=C(C(=O)OCC(C)C)[C@@H](c2ccc(C)cc2)N2C(=O)CCSC2=N1. The first-order valence-electron chi connectivity index (χ1n) is 8.86. The first-order chi connectivity index (χ1) is 12.4. The highest BCUT2D eigenvalue weighted by atomic mass is 32.2. The van der Waals surface area contributed by atoms with Gasteiger partial charge in [0.25, 0.3) is 0 Å². The molecule has 2 aliphatic heterocycles. The number of aryl methyl sites for hydroxylation is 1. The number of benzene rings is 1. The van der Waals surface area contributed by atoms with Gasteiger partial charge < -0.3 is 4.74 Å². The molecule has 0 saturated carbocycles. The van der Waals surface area contributed by atoms with E-state index in [1.807, 2.05) is 52.0 Å². The van der Waals surface area contributed by atoms with Crippen LogP contribution < -0.4 is 0 Å². The van der Waals surface area contributed by atoms with Crippen molar-refractivity contribution in [1.82, 2.24) is 4.90 Å². The van der Waals surface area contributed by atoms with Crippen molar-refractivity contribution < 1.29 is 14.3 Å². The van der Waals surface area contributed by atoms with Crippen molar-refractivity contribution in [2.45, 2.75) is 40.2 Å². The molecule has 26 heavy (non-hydrogen) atoms. The largest absolute Gasteiger partial charge is 0.462 e. The highest BCUT2D eigenvalue weighted by Crippen LogP contribution is 2.40. The number of fused-ring (bicyclic) bond motifs is 1. The molecule has 1 saturated heterocycles. The van der Waals surface area contributed by atoms with Gasteiger partial charge in [-0.3, -0.25) is 9.69 Å². The van der Waals surface area contributed by atoms with Gasteiger partial charge in [-0.25, -0.2) is 9.79 Å². The van der Waals surface area contributed by atoms with E-state index in [9.17, 15) is 9.59 Å². The fraction of sp³-hybridized carbons (Fsp3) is 0.450. The molecular formula is C20H24N2O3S. The second-order valence-corrected chi connectivity index (χ2v) is 8.12. The Morgan fingerprint density at radius 1 is 1.31 bits per heavy atom. The molecule has 5 nitrogen and oxygen atoms in total. The average molecular weight is 372 g/mol. The molecule has 138 valence electrons. The van der Waals surface area contributed by atoms with Crippen LogP contribution in [-0.2, 0) is 14.3 Å². The van der Waals surface area contributed by atoms with Crippen LogP contribution in [-0.4, -0.2) is 34.3 Å². The molecule has 0 spiro atoms. The lowest BCUT2D eigenvalue weighted by atomic mass is 9.93. The monoisotopic (exact) mass is 372 g/mol. The first-order valence-corrected chi connectivity index (χ1v) is 9.85. The van der Waals surface area contributed by atoms with Crippen LogP contribution in [0.5, 0.6) is 0 Å². The number of thioether (sulfide) groups is 1. The standard InChI is InChI=1S/C20H24N2O3S/c1-12(2)11-25-19(24)17-14(4)21-20-22(16(23)9-10-26-20)18(17)15-7-5-13(3)6-8-15/h5-8,12,18H,9-11H2,1-4H3/t18-/m1/s1. The number of ether oxygens (including phenoxy) is 1. The van der Waals surface area contributed by atoms with Gasteiger partial charge in [-0.05, 0) is 25.3 Å². The molecule has 2 heterocycles. The third kappa shape index (κ3) is 3.70. The number of nitrogens with zero attached hydrogens (tertiary/aromatic N) is 2. The van der Waals surface area contributed by atoms with E-state index in [4.69, 9.17) is 4.74 Å². The lowest BCUT2D eigenvalue weighted by molar-refractivity contribution is -0.141. The van der Waals surface area contributed by atoms with Crippen LogP contribution in [0.15, 0.2) is 40.5 Å². The summed E-state index contributed by atoms with van der Waals surface area (Å²) in [4.78, 5) is 31.7. The molecule has 1 fully saturated rings. The molecule has 1 aromatic carbocycles. The molecule has 1 amide bonds. The van der Waals surface area contributed by atoms with E-state index in [1.54, 1.807) is 16.7 Å². The minimum atomic E-state index is -0.483. The smallest absolute Gasteiger partial charge is 0.338 e. The van der Waals surface area contributed by atoms with Crippen molar-refractivity contribution in [3.8, 4) is 0 Å². The van der Waals surface area contributed by atoms with Gasteiger partial charge in [0, 0.05) is 12.2 Å². The summed E-state index contributed by atoms with van der Waals surface area (Å²) in [7, 11) is 0. The first kappa shape index (κ1) is 18.7. The summed E-state index contributed by atoms with van der Waals surface area (Å²) in [5.74, 6) is 0.560. The van der Waals surface area contributed by atoms with Crippen molar-refractivity contribution in [3.63, 3.8) is 0 Å². The number of esters is 1. The summed E-state index contributed by atoms with van der Waals surface area (Å²) in [6.07, 6.45) is 0.444. The van der Waals surface area contributed by atoms with Crippen molar-refractivity contribution in [2.24, 2.45) is 10.9 Å². The number of hydrogen-bond donors (Lipinski definition) is 0. The van der Waals surface area contributed by atoms with Gasteiger partial charge in [0.1, 0.15) is 0 Å². The molecule has 3 rings (SSSR count). The predicted octanol–water partition coefficient (Wildman–Crippen LogP) is 3.84. The van der Waals surface area contributed by atoms with E-state index in [1.165, 1.54) is 0 Å². The zero-order valence-corrected chi connectivity index (χ0v) is 16.4. The van der Waals surface area contributed by atoms with E-state index < -0.39 is 12.0 Å². The zero-order chi connectivity index (χ0) is 18.8. The maximum atomic E-state index is 12.9. The normalized spacial score (nSPS) is 20.2. The molecule has 0 N–H and O–H groups in total. The molecule has 1 aromatic rings. The Bertz CT molecular complexity index is 781. The van der Waals surface area contributed by atoms with Crippen LogP contribution in [0.25, 0.3) is 0 Å². The van der Waals surface area contributed by atoms with E-state index >= 15 is 0 Å². The number of carbonyl (C=O) groups is 2. The number of carbonyl (C=O) groups excluding carboxylic acids is 2. The summed E-state index contributed by atoms with van der Waals surface area (Å²) in [6.45, 7) is 8.16. The molecule has 0 unspecified atom stereocenters. The van der Waals surface area contributed by atoms with Crippen LogP contribution in [0, 0.1) is 12.8 Å². The maximum absolute atomic E-state index is 12.9. The summed E-state index contributed by atoms with van der Waals surface area (Å²) in [5, 5.41) is 0.671. The Balaban J connectivity index is 2.06. The number of amides is 1. The zero-order valence-electron chi connectivity index (χ0n) is 15.6. The Labute approximate surface area is 158 Å². The van der Waals surface area contributed by atoms with E-state index in [0.717, 1.165) is 16.9 Å². The molecule has 0 radical (unpaired) electrons. The van der Waals surface area contributed by atoms with Gasteiger partial charge in [-0.1, -0.05) is 55.4 Å². The third-order valence-electron chi connectivity index (χ3n) is 4.37. The van der Waals surface area contributed by atoms with Crippen molar-refractivity contribution in [2.75, 3.05) is 12.4 Å². The second-order valence-electron chi connectivity index (χ2n) is 7.06. The lowest BCUT2D eigenvalue weighted by Crippen LogP contribution is -2.45. The van der Waals surface area contributed by atoms with Crippen LogP contribution in [0.2, 0.25) is 0 Å². The number of rotatable bonds is 4. The molecular weight excluding hydrogens is 348 g/mol. The van der Waals surface area contributed by atoms with Crippen LogP contribution in [0.1, 0.15) is 44.4 Å². The van der Waals surface area contributed by atoms with Crippen molar-refractivity contribution in [1.29, 1.82) is 0 Å². The van der Waals surface area contributed by atoms with Crippen LogP contribution >= 0.6 is 11.8 Å². The lowest BCUT2D eigenvalue weighted by Gasteiger charge is -2.39. The summed E-state index contributed by atoms with van der Waals surface area (Å²) >= 11 is 1.56. The minimum absolute atomic E-state index is 0.00488. The predicted molar refractivity (Wildman–Crippen MR) is 104 cm³/mol. The number of aliphatic imine (C=N–C) groups is 1. The fourth-order valence-corrected chi connectivity index (χ4v) is 4.05. The summed E-state index contributed by atoms with van der Waals surface area (Å²) in [5.41, 5.74) is 3.10. The summed E-state index contributed by atoms with van der Waals surface area (Å²) < 4.78 is 5.49. The van der Waals surface area contributed by atoms with Gasteiger partial charge in [-0.15, -0.1) is 0 Å². The quantitative estimate of drug-likeness (QED) is 0.754. The molecule has 6 heteroatoms. The van der Waals surface area contributed by atoms with E-state index in [-0.39, 0.29) is 11.8 Å². The highest BCUT2D eigenvalue weighted by molar-refractivity contribution is 8.14. The molecule has 1 atom stereocenters. The second kappa shape index (κ2) is 7.66. The molecule has 2 aliphatic rings. The average Bonchev–Trinajstić information content (AvgIpc) is 2.59. The Kier molecular flexibility index (Phi) is 5.51. The van der Waals surface area contributed by atoms with Gasteiger partial charge in [0.2, 0.25) is 5.91 Å². The molecule has 0 aromatic heterocycles. The Morgan fingerprint density at radius 3 is 2.65 bits per heavy atom. The van der Waals surface area contributed by atoms with Gasteiger partial charge in [0.15, 0.2) is 5.17 Å². The minimum Gasteiger partial charge on any atom is -0.462 e. The van der Waals surface area contributed by atoms with Crippen LogP contribution in [0.4, 0.5) is 0 Å². The number of hydrogen-bond acceptors (Lipinski definition) is 5.